The zero-order valence-corrected chi connectivity index (χ0v) is 9.69. The monoisotopic (exact) mass is 209 g/mol. The van der Waals surface area contributed by atoms with Gasteiger partial charge < -0.3 is 5.73 Å². The first-order valence-electron chi connectivity index (χ1n) is 5.31. The average Bonchev–Trinajstić information content (AvgIpc) is 2.18. The lowest BCUT2D eigenvalue weighted by molar-refractivity contribution is 0.666. The van der Waals surface area contributed by atoms with Crippen LogP contribution in [0.15, 0.2) is 23.1 Å². The zero-order chi connectivity index (χ0) is 10.4. The van der Waals surface area contributed by atoms with Crippen molar-refractivity contribution in [3.63, 3.8) is 0 Å². The second-order valence-corrected chi connectivity index (χ2v) is 4.19. The topological polar surface area (TPSA) is 26.0 Å². The number of benzene rings is 1. The van der Waals surface area contributed by atoms with Crippen molar-refractivity contribution in [2.45, 2.75) is 43.9 Å². The maximum Gasteiger partial charge on any atom is 0.0449 e. The Morgan fingerprint density at radius 3 is 2.64 bits per heavy atom. The Hall–Kier alpha value is -0.630. The van der Waals surface area contributed by atoms with E-state index < -0.39 is 0 Å². The van der Waals surface area contributed by atoms with Gasteiger partial charge in [-0.05, 0) is 30.5 Å². The highest BCUT2D eigenvalue weighted by atomic mass is 32.1. The van der Waals surface area contributed by atoms with Gasteiger partial charge in [-0.25, -0.2) is 0 Å². The molecule has 0 fully saturated rings. The fraction of sp³-hybridized carbons (Fsp3) is 0.500. The molecule has 1 aromatic carbocycles. The molecule has 0 aliphatic rings. The average molecular weight is 209 g/mol. The van der Waals surface area contributed by atoms with Gasteiger partial charge >= 0.3 is 0 Å². The van der Waals surface area contributed by atoms with Crippen LogP contribution >= 0.6 is 12.6 Å². The standard InChI is InChI=1S/C12H19NS/c1-2-3-4-5-6-10-7-8-11(13)12(14)9-10/h7-9,14H,2-6,13H2,1H3. The van der Waals surface area contributed by atoms with E-state index in [4.69, 9.17) is 5.73 Å². The predicted molar refractivity (Wildman–Crippen MR) is 66.0 cm³/mol. The van der Waals surface area contributed by atoms with Crippen molar-refractivity contribution in [1.29, 1.82) is 0 Å². The number of thiol groups is 1. The fourth-order valence-corrected chi connectivity index (χ4v) is 1.74. The van der Waals surface area contributed by atoms with Crippen molar-refractivity contribution < 1.29 is 0 Å². The summed E-state index contributed by atoms with van der Waals surface area (Å²) in [6.07, 6.45) is 6.36. The molecule has 0 aliphatic heterocycles. The van der Waals surface area contributed by atoms with Crippen molar-refractivity contribution in [2.75, 3.05) is 5.73 Å². The molecule has 0 amide bonds. The molecule has 0 spiro atoms. The third-order valence-corrected chi connectivity index (χ3v) is 2.80. The van der Waals surface area contributed by atoms with E-state index >= 15 is 0 Å². The number of nitrogens with two attached hydrogens (primary N) is 1. The summed E-state index contributed by atoms with van der Waals surface area (Å²) in [5.41, 5.74) is 7.81. The van der Waals surface area contributed by atoms with Gasteiger partial charge in [0.25, 0.3) is 0 Å². The Bertz CT molecular complexity index is 284. The van der Waals surface area contributed by atoms with Crippen molar-refractivity contribution in [3.05, 3.63) is 23.8 Å². The summed E-state index contributed by atoms with van der Waals surface area (Å²) in [7, 11) is 0. The van der Waals surface area contributed by atoms with E-state index in [1.165, 1.54) is 31.2 Å². The summed E-state index contributed by atoms with van der Waals surface area (Å²) in [5, 5.41) is 0. The van der Waals surface area contributed by atoms with Gasteiger partial charge in [-0.15, -0.1) is 12.6 Å². The number of unbranched alkanes of at least 4 members (excludes halogenated alkanes) is 3. The van der Waals surface area contributed by atoms with Gasteiger partial charge in [-0.3, -0.25) is 0 Å². The minimum absolute atomic E-state index is 0.769. The quantitative estimate of drug-likeness (QED) is 0.432. The highest BCUT2D eigenvalue weighted by Gasteiger charge is 1.97. The summed E-state index contributed by atoms with van der Waals surface area (Å²) in [4.78, 5) is 0.901. The van der Waals surface area contributed by atoms with Crippen molar-refractivity contribution in [3.8, 4) is 0 Å². The minimum Gasteiger partial charge on any atom is -0.398 e. The minimum atomic E-state index is 0.769. The van der Waals surface area contributed by atoms with Crippen LogP contribution in [0.2, 0.25) is 0 Å². The van der Waals surface area contributed by atoms with Gasteiger partial charge in [0.15, 0.2) is 0 Å². The van der Waals surface area contributed by atoms with E-state index in [2.05, 4.69) is 31.7 Å². The molecule has 14 heavy (non-hydrogen) atoms. The molecule has 0 unspecified atom stereocenters. The lowest BCUT2D eigenvalue weighted by atomic mass is 10.1. The Morgan fingerprint density at radius 2 is 2.00 bits per heavy atom. The molecule has 0 aliphatic carbocycles. The van der Waals surface area contributed by atoms with Gasteiger partial charge in [-0.2, -0.15) is 0 Å². The first-order chi connectivity index (χ1) is 6.74. The van der Waals surface area contributed by atoms with Gasteiger partial charge in [0.05, 0.1) is 0 Å². The van der Waals surface area contributed by atoms with Crippen LogP contribution in [0.1, 0.15) is 38.2 Å². The molecule has 0 bridgehead atoms. The molecule has 0 heterocycles. The summed E-state index contributed by atoms with van der Waals surface area (Å²) in [6, 6.07) is 6.11. The highest BCUT2D eigenvalue weighted by Crippen LogP contribution is 2.19. The fourth-order valence-electron chi connectivity index (χ4n) is 1.50. The van der Waals surface area contributed by atoms with E-state index in [1.54, 1.807) is 0 Å². The van der Waals surface area contributed by atoms with Gasteiger partial charge in [-0.1, -0.05) is 32.3 Å². The van der Waals surface area contributed by atoms with Gasteiger partial charge in [0, 0.05) is 10.6 Å². The first kappa shape index (κ1) is 11.4. The zero-order valence-electron chi connectivity index (χ0n) is 8.79. The Labute approximate surface area is 92.1 Å². The van der Waals surface area contributed by atoms with Gasteiger partial charge in [0.2, 0.25) is 0 Å². The van der Waals surface area contributed by atoms with Crippen LogP contribution in [-0.4, -0.2) is 0 Å². The number of aryl methyl sites for hydroxylation is 1. The second-order valence-electron chi connectivity index (χ2n) is 3.70. The summed E-state index contributed by atoms with van der Waals surface area (Å²) in [6.45, 7) is 2.23. The van der Waals surface area contributed by atoms with E-state index in [9.17, 15) is 0 Å². The third kappa shape index (κ3) is 3.62. The number of hydrogen-bond acceptors (Lipinski definition) is 2. The molecule has 0 saturated carbocycles. The molecule has 2 heteroatoms. The molecule has 1 rings (SSSR count). The molecule has 2 N–H and O–H groups in total. The van der Waals surface area contributed by atoms with Gasteiger partial charge in [0.1, 0.15) is 0 Å². The van der Waals surface area contributed by atoms with Crippen LogP contribution in [0.4, 0.5) is 5.69 Å². The molecule has 1 nitrogen and oxygen atoms in total. The SMILES string of the molecule is CCCCCCc1ccc(N)c(S)c1. The second kappa shape index (κ2) is 5.97. The molecule has 78 valence electrons. The van der Waals surface area contributed by atoms with Crippen molar-refractivity contribution >= 4 is 18.3 Å². The first-order valence-corrected chi connectivity index (χ1v) is 5.76. The van der Waals surface area contributed by atoms with Crippen LogP contribution < -0.4 is 5.73 Å². The van der Waals surface area contributed by atoms with Crippen LogP contribution in [0.3, 0.4) is 0 Å². The molecular weight excluding hydrogens is 190 g/mol. The Balaban J connectivity index is 2.39. The third-order valence-electron chi connectivity index (χ3n) is 2.41. The van der Waals surface area contributed by atoms with Crippen LogP contribution in [-0.2, 0) is 6.42 Å². The molecule has 1 aromatic rings. The molecule has 0 atom stereocenters. The van der Waals surface area contributed by atoms with Crippen LogP contribution in [0.5, 0.6) is 0 Å². The van der Waals surface area contributed by atoms with E-state index in [-0.39, 0.29) is 0 Å². The van der Waals surface area contributed by atoms with Crippen molar-refractivity contribution in [1.82, 2.24) is 0 Å². The van der Waals surface area contributed by atoms with E-state index in [0.29, 0.717) is 0 Å². The summed E-state index contributed by atoms with van der Waals surface area (Å²) in [5.74, 6) is 0. The lowest BCUT2D eigenvalue weighted by Gasteiger charge is -2.04. The van der Waals surface area contributed by atoms with Crippen LogP contribution in [0.25, 0.3) is 0 Å². The molecular formula is C12H19NS. The molecule has 0 radical (unpaired) electrons. The Morgan fingerprint density at radius 1 is 1.21 bits per heavy atom. The predicted octanol–water partition coefficient (Wildman–Crippen LogP) is 3.68. The highest BCUT2D eigenvalue weighted by molar-refractivity contribution is 7.80. The van der Waals surface area contributed by atoms with Crippen molar-refractivity contribution in [2.24, 2.45) is 0 Å². The lowest BCUT2D eigenvalue weighted by Crippen LogP contribution is -1.90. The van der Waals surface area contributed by atoms with Crippen LogP contribution in [0, 0.1) is 0 Å². The summed E-state index contributed by atoms with van der Waals surface area (Å²) >= 11 is 4.31. The van der Waals surface area contributed by atoms with E-state index in [1.807, 2.05) is 6.07 Å². The van der Waals surface area contributed by atoms with E-state index in [0.717, 1.165) is 17.0 Å². The smallest absolute Gasteiger partial charge is 0.0449 e. The number of rotatable bonds is 5. The number of nitrogen functional groups attached to an aromatic ring is 1. The number of hydrogen-bond donors (Lipinski definition) is 2. The summed E-state index contributed by atoms with van der Waals surface area (Å²) < 4.78 is 0. The normalized spacial score (nSPS) is 10.4. The Kier molecular flexibility index (Phi) is 4.88. The largest absolute Gasteiger partial charge is 0.398 e. The number of anilines is 1. The molecule has 0 saturated heterocycles. The molecule has 0 aromatic heterocycles. The maximum atomic E-state index is 5.69. The maximum absolute atomic E-state index is 5.69.